The number of hydrogen-bond acceptors (Lipinski definition) is 8. The number of nitrogens with one attached hydrogen (secondary N) is 1. The molecule has 0 aliphatic carbocycles. The highest BCUT2D eigenvalue weighted by atomic mass is 32.1. The van der Waals surface area contributed by atoms with Gasteiger partial charge in [0.05, 0.1) is 20.3 Å². The van der Waals surface area contributed by atoms with E-state index in [1.807, 2.05) is 24.3 Å². The molecule has 8 nitrogen and oxygen atoms in total. The topological polar surface area (TPSA) is 85.8 Å². The van der Waals surface area contributed by atoms with Crippen LogP contribution in [0.15, 0.2) is 48.5 Å². The van der Waals surface area contributed by atoms with E-state index < -0.39 is 0 Å². The highest BCUT2D eigenvalue weighted by Crippen LogP contribution is 2.25. The van der Waals surface area contributed by atoms with Crippen molar-refractivity contribution in [3.63, 3.8) is 0 Å². The smallest absolute Gasteiger partial charge is 0.298 e. The number of carbonyl (C=O) groups is 1. The molecule has 168 valence electrons. The van der Waals surface area contributed by atoms with Gasteiger partial charge in [0, 0.05) is 49.7 Å². The summed E-state index contributed by atoms with van der Waals surface area (Å²) in [6, 6.07) is 14.9. The van der Waals surface area contributed by atoms with E-state index in [1.165, 1.54) is 11.5 Å². The summed E-state index contributed by atoms with van der Waals surface area (Å²) in [6.45, 7) is 4.71. The van der Waals surface area contributed by atoms with Gasteiger partial charge in [0.2, 0.25) is 0 Å². The molecule has 1 N–H and O–H groups in total. The van der Waals surface area contributed by atoms with Crippen LogP contribution in [0, 0.1) is 0 Å². The summed E-state index contributed by atoms with van der Waals surface area (Å²) in [5, 5.41) is 3.40. The second-order valence-corrected chi connectivity index (χ2v) is 8.06. The van der Waals surface area contributed by atoms with Crippen LogP contribution in [0.3, 0.4) is 0 Å². The summed E-state index contributed by atoms with van der Waals surface area (Å²) in [5.41, 5.74) is 1.61. The second-order valence-electron chi connectivity index (χ2n) is 7.34. The van der Waals surface area contributed by atoms with Crippen molar-refractivity contribution in [3.05, 3.63) is 65.5 Å². The fourth-order valence-electron chi connectivity index (χ4n) is 3.37. The molecule has 1 saturated heterocycles. The number of carbonyl (C=O) groups excluding carboxylic acids is 1. The first-order chi connectivity index (χ1) is 15.7. The maximum absolute atomic E-state index is 12.5. The molecule has 0 bridgehead atoms. The average Bonchev–Trinajstić information content (AvgIpc) is 3.26. The van der Waals surface area contributed by atoms with E-state index >= 15 is 0 Å². The molecule has 1 aliphatic rings. The molecule has 0 radical (unpaired) electrons. The van der Waals surface area contributed by atoms with Crippen molar-refractivity contribution in [2.75, 3.05) is 46.5 Å². The Bertz CT molecular complexity index is 1040. The zero-order valence-electron chi connectivity index (χ0n) is 18.0. The van der Waals surface area contributed by atoms with Crippen molar-refractivity contribution in [2.24, 2.45) is 0 Å². The molecular weight excluding hydrogens is 428 g/mol. The maximum Gasteiger partial charge on any atom is 0.298 e. The Morgan fingerprint density at radius 2 is 1.97 bits per heavy atom. The summed E-state index contributed by atoms with van der Waals surface area (Å²) in [7, 11) is 1.64. The first-order valence-corrected chi connectivity index (χ1v) is 11.3. The quantitative estimate of drug-likeness (QED) is 0.532. The number of hydrogen-bond donors (Lipinski definition) is 1. The lowest BCUT2D eigenvalue weighted by Gasteiger charge is -2.26. The summed E-state index contributed by atoms with van der Waals surface area (Å²) >= 11 is 1.19. The summed E-state index contributed by atoms with van der Waals surface area (Å²) < 4.78 is 20.8. The summed E-state index contributed by atoms with van der Waals surface area (Å²) in [5.74, 6) is 1.90. The van der Waals surface area contributed by atoms with E-state index in [9.17, 15) is 4.79 Å². The van der Waals surface area contributed by atoms with Crippen molar-refractivity contribution < 1.29 is 19.0 Å². The number of rotatable bonds is 9. The van der Waals surface area contributed by atoms with E-state index in [0.717, 1.165) is 44.2 Å². The molecule has 1 amide bonds. The lowest BCUT2D eigenvalue weighted by atomic mass is 10.1. The highest BCUT2D eigenvalue weighted by Gasteiger charge is 2.13. The summed E-state index contributed by atoms with van der Waals surface area (Å²) in [6.07, 6.45) is 0.586. The Kier molecular flexibility index (Phi) is 7.65. The highest BCUT2D eigenvalue weighted by molar-refractivity contribution is 7.07. The molecule has 0 atom stereocenters. The third-order valence-corrected chi connectivity index (χ3v) is 5.70. The van der Waals surface area contributed by atoms with Gasteiger partial charge >= 0.3 is 0 Å². The monoisotopic (exact) mass is 454 g/mol. The second kappa shape index (κ2) is 11.0. The molecular formula is C23H26N4O4S. The largest absolute Gasteiger partial charge is 0.497 e. The van der Waals surface area contributed by atoms with E-state index in [0.29, 0.717) is 35.3 Å². The number of methoxy groups -OCH3 is 1. The molecule has 1 aliphatic heterocycles. The lowest BCUT2D eigenvalue weighted by Crippen LogP contribution is -2.41. The number of aromatic nitrogens is 2. The van der Waals surface area contributed by atoms with E-state index in [-0.39, 0.29) is 5.91 Å². The van der Waals surface area contributed by atoms with Gasteiger partial charge in [-0.3, -0.25) is 9.69 Å². The van der Waals surface area contributed by atoms with Gasteiger partial charge in [-0.1, -0.05) is 18.2 Å². The van der Waals surface area contributed by atoms with E-state index in [1.54, 1.807) is 31.4 Å². The van der Waals surface area contributed by atoms with Gasteiger partial charge in [-0.2, -0.15) is 9.36 Å². The van der Waals surface area contributed by atoms with Crippen molar-refractivity contribution in [2.45, 2.75) is 6.42 Å². The fourth-order valence-corrected chi connectivity index (χ4v) is 3.94. The molecule has 32 heavy (non-hydrogen) atoms. The van der Waals surface area contributed by atoms with Crippen LogP contribution in [0.25, 0.3) is 0 Å². The van der Waals surface area contributed by atoms with Crippen LogP contribution in [0.4, 0.5) is 0 Å². The molecule has 0 spiro atoms. The van der Waals surface area contributed by atoms with Crippen molar-refractivity contribution >= 4 is 17.4 Å². The third-order valence-electron chi connectivity index (χ3n) is 5.06. The van der Waals surface area contributed by atoms with Crippen LogP contribution in [-0.4, -0.2) is 66.7 Å². The molecule has 0 saturated carbocycles. The Labute approximate surface area is 191 Å². The third kappa shape index (κ3) is 6.25. The van der Waals surface area contributed by atoms with Gasteiger partial charge in [-0.05, 0) is 35.9 Å². The Balaban J connectivity index is 1.31. The molecule has 3 aromatic rings. The molecule has 2 aromatic carbocycles. The standard InChI is InChI=1S/C23H26N4O4S/c1-29-19-6-2-4-17(14-19)15-21-25-23(32-26-21)31-20-7-3-5-18(16-20)22(28)24-8-9-27-10-12-30-13-11-27/h2-7,14,16H,8-13,15H2,1H3,(H,24,28). The predicted octanol–water partition coefficient (Wildman–Crippen LogP) is 2.99. The average molecular weight is 455 g/mol. The molecule has 0 unspecified atom stereocenters. The number of morpholine rings is 1. The Morgan fingerprint density at radius 1 is 1.16 bits per heavy atom. The van der Waals surface area contributed by atoms with Gasteiger partial charge < -0.3 is 19.5 Å². The first kappa shape index (κ1) is 22.2. The van der Waals surface area contributed by atoms with Gasteiger partial charge in [0.1, 0.15) is 11.5 Å². The van der Waals surface area contributed by atoms with Crippen LogP contribution in [-0.2, 0) is 11.2 Å². The Morgan fingerprint density at radius 3 is 2.81 bits per heavy atom. The zero-order chi connectivity index (χ0) is 22.2. The van der Waals surface area contributed by atoms with Gasteiger partial charge in [0.25, 0.3) is 11.1 Å². The molecule has 4 rings (SSSR count). The van der Waals surface area contributed by atoms with Crippen molar-refractivity contribution in [1.82, 2.24) is 19.6 Å². The number of amides is 1. The van der Waals surface area contributed by atoms with E-state index in [4.69, 9.17) is 14.2 Å². The van der Waals surface area contributed by atoms with Crippen LogP contribution >= 0.6 is 11.5 Å². The molecule has 9 heteroatoms. The lowest BCUT2D eigenvalue weighted by molar-refractivity contribution is 0.0383. The minimum Gasteiger partial charge on any atom is -0.497 e. The van der Waals surface area contributed by atoms with Gasteiger partial charge in [0.15, 0.2) is 5.82 Å². The molecule has 2 heterocycles. The summed E-state index contributed by atoms with van der Waals surface area (Å²) in [4.78, 5) is 19.2. The van der Waals surface area contributed by atoms with Crippen molar-refractivity contribution in [1.29, 1.82) is 0 Å². The normalized spacial score (nSPS) is 14.2. The number of nitrogens with zero attached hydrogens (tertiary/aromatic N) is 3. The number of benzene rings is 2. The first-order valence-electron chi connectivity index (χ1n) is 10.5. The van der Waals surface area contributed by atoms with Crippen LogP contribution in [0.5, 0.6) is 16.7 Å². The molecule has 1 aromatic heterocycles. The van der Waals surface area contributed by atoms with Gasteiger partial charge in [-0.25, -0.2) is 0 Å². The minimum absolute atomic E-state index is 0.125. The Hall–Kier alpha value is -3.01. The maximum atomic E-state index is 12.5. The molecule has 1 fully saturated rings. The van der Waals surface area contributed by atoms with Crippen LogP contribution in [0.2, 0.25) is 0 Å². The fraction of sp³-hybridized carbons (Fsp3) is 0.348. The number of ether oxygens (including phenoxy) is 3. The van der Waals surface area contributed by atoms with Crippen LogP contribution < -0.4 is 14.8 Å². The van der Waals surface area contributed by atoms with Gasteiger partial charge in [-0.15, -0.1) is 0 Å². The minimum atomic E-state index is -0.125. The predicted molar refractivity (Wildman–Crippen MR) is 122 cm³/mol. The SMILES string of the molecule is COc1cccc(Cc2nsc(Oc3cccc(C(=O)NCCN4CCOCC4)c3)n2)c1. The van der Waals surface area contributed by atoms with Crippen molar-refractivity contribution in [3.8, 4) is 16.7 Å². The van der Waals surface area contributed by atoms with Crippen LogP contribution in [0.1, 0.15) is 21.7 Å². The van der Waals surface area contributed by atoms with E-state index in [2.05, 4.69) is 19.6 Å². The zero-order valence-corrected chi connectivity index (χ0v) is 18.8.